The minimum atomic E-state index is -4.38. The molecule has 0 radical (unpaired) electrons. The van der Waals surface area contributed by atoms with Crippen molar-refractivity contribution < 1.29 is 27.6 Å². The predicted octanol–water partition coefficient (Wildman–Crippen LogP) is 0.0942. The highest BCUT2D eigenvalue weighted by atomic mass is 32.2. The molecule has 0 fully saturated rings. The highest BCUT2D eigenvalue weighted by Gasteiger charge is 2.07. The van der Waals surface area contributed by atoms with Gasteiger partial charge in [0.15, 0.2) is 0 Å². The molecular formula is C9H9O6S-. The van der Waals surface area contributed by atoms with Gasteiger partial charge in [-0.15, -0.1) is 0 Å². The molecule has 1 rings (SSSR count). The Bertz CT molecular complexity index is 461. The van der Waals surface area contributed by atoms with Crippen molar-refractivity contribution in [2.24, 2.45) is 0 Å². The summed E-state index contributed by atoms with van der Waals surface area (Å²) in [6, 6.07) is 5.23. The summed E-state index contributed by atoms with van der Waals surface area (Å²) in [5.74, 6) is -1.50. The van der Waals surface area contributed by atoms with Crippen LogP contribution in [0.5, 0.6) is 5.75 Å². The largest absolute Gasteiger partial charge is 0.748 e. The SMILES string of the molecule is O=C(OCCS(=O)(=O)[O-])c1ccc(O)cc1. The molecule has 0 aliphatic carbocycles. The zero-order chi connectivity index (χ0) is 12.2. The fourth-order valence-electron chi connectivity index (χ4n) is 0.917. The summed E-state index contributed by atoms with van der Waals surface area (Å²) in [5, 5.41) is 8.95. The van der Waals surface area contributed by atoms with Crippen LogP contribution < -0.4 is 0 Å². The fraction of sp³-hybridized carbons (Fsp3) is 0.222. The summed E-state index contributed by atoms with van der Waals surface area (Å²) in [6.45, 7) is -0.481. The van der Waals surface area contributed by atoms with E-state index in [-0.39, 0.29) is 11.3 Å². The summed E-state index contributed by atoms with van der Waals surface area (Å²) in [4.78, 5) is 11.2. The Hall–Kier alpha value is -1.60. The molecule has 1 aromatic carbocycles. The fourth-order valence-corrected chi connectivity index (χ4v) is 1.20. The third-order valence-corrected chi connectivity index (χ3v) is 2.34. The molecule has 0 aliphatic heterocycles. The Balaban J connectivity index is 2.50. The van der Waals surface area contributed by atoms with Gasteiger partial charge in [-0.25, -0.2) is 13.2 Å². The number of rotatable bonds is 4. The third kappa shape index (κ3) is 4.28. The molecule has 0 aromatic heterocycles. The van der Waals surface area contributed by atoms with Gasteiger partial charge < -0.3 is 14.4 Å². The number of phenolic OH excluding ortho intramolecular Hbond substituents is 1. The molecule has 0 spiro atoms. The van der Waals surface area contributed by atoms with Crippen molar-refractivity contribution in [3.05, 3.63) is 29.8 Å². The lowest BCUT2D eigenvalue weighted by Crippen LogP contribution is -2.14. The van der Waals surface area contributed by atoms with Gasteiger partial charge >= 0.3 is 5.97 Å². The van der Waals surface area contributed by atoms with Crippen molar-refractivity contribution in [3.63, 3.8) is 0 Å². The van der Waals surface area contributed by atoms with Gasteiger partial charge in [0, 0.05) is 0 Å². The minimum Gasteiger partial charge on any atom is -0.748 e. The third-order valence-electron chi connectivity index (χ3n) is 1.67. The highest BCUT2D eigenvalue weighted by molar-refractivity contribution is 7.85. The molecule has 0 bridgehead atoms. The van der Waals surface area contributed by atoms with Crippen LogP contribution in [-0.4, -0.2) is 36.4 Å². The quantitative estimate of drug-likeness (QED) is 0.595. The molecule has 0 amide bonds. The second-order valence-corrected chi connectivity index (χ2v) is 4.47. The Morgan fingerprint density at radius 3 is 2.38 bits per heavy atom. The maximum atomic E-state index is 11.2. The van der Waals surface area contributed by atoms with Gasteiger partial charge in [-0.05, 0) is 24.3 Å². The lowest BCUT2D eigenvalue weighted by Gasteiger charge is -2.07. The molecule has 6 nitrogen and oxygen atoms in total. The first-order valence-corrected chi connectivity index (χ1v) is 5.86. The molecule has 0 saturated heterocycles. The van der Waals surface area contributed by atoms with Crippen molar-refractivity contribution in [2.45, 2.75) is 0 Å². The lowest BCUT2D eigenvalue weighted by molar-refractivity contribution is 0.0528. The molecule has 0 atom stereocenters. The molecule has 88 valence electrons. The summed E-state index contributed by atoms with van der Waals surface area (Å²) < 4.78 is 35.2. The van der Waals surface area contributed by atoms with Gasteiger partial charge in [0.1, 0.15) is 12.4 Å². The Kier molecular flexibility index (Phi) is 3.86. The van der Waals surface area contributed by atoms with E-state index in [1.807, 2.05) is 0 Å². The normalized spacial score (nSPS) is 11.1. The molecule has 0 saturated carbocycles. The van der Waals surface area contributed by atoms with E-state index in [2.05, 4.69) is 4.74 Å². The molecule has 0 unspecified atom stereocenters. The smallest absolute Gasteiger partial charge is 0.338 e. The van der Waals surface area contributed by atoms with Crippen LogP contribution in [0.25, 0.3) is 0 Å². The van der Waals surface area contributed by atoms with Gasteiger partial charge in [-0.2, -0.15) is 0 Å². The number of ether oxygens (including phenoxy) is 1. The van der Waals surface area contributed by atoms with Crippen molar-refractivity contribution in [2.75, 3.05) is 12.4 Å². The van der Waals surface area contributed by atoms with Crippen molar-refractivity contribution >= 4 is 16.1 Å². The average molecular weight is 245 g/mol. The van der Waals surface area contributed by atoms with Gasteiger partial charge in [0.25, 0.3) is 0 Å². The van der Waals surface area contributed by atoms with Crippen LogP contribution >= 0.6 is 0 Å². The van der Waals surface area contributed by atoms with Crippen LogP contribution in [0.2, 0.25) is 0 Å². The summed E-state index contributed by atoms with van der Waals surface area (Å²) >= 11 is 0. The maximum absolute atomic E-state index is 11.2. The van der Waals surface area contributed by atoms with E-state index in [0.717, 1.165) is 0 Å². The monoisotopic (exact) mass is 245 g/mol. The predicted molar refractivity (Wildman–Crippen MR) is 53.0 cm³/mol. The van der Waals surface area contributed by atoms with E-state index in [1.165, 1.54) is 24.3 Å². The van der Waals surface area contributed by atoms with E-state index < -0.39 is 28.4 Å². The summed E-state index contributed by atoms with van der Waals surface area (Å²) in [5.41, 5.74) is 0.168. The van der Waals surface area contributed by atoms with Crippen LogP contribution in [0.4, 0.5) is 0 Å². The number of hydrogen-bond donors (Lipinski definition) is 1. The second-order valence-electron chi connectivity index (χ2n) is 2.94. The number of carbonyl (C=O) groups is 1. The van der Waals surface area contributed by atoms with E-state index in [9.17, 15) is 17.8 Å². The first-order chi connectivity index (χ1) is 7.38. The van der Waals surface area contributed by atoms with Gasteiger partial charge in [-0.3, -0.25) is 0 Å². The van der Waals surface area contributed by atoms with Crippen LogP contribution in [0, 0.1) is 0 Å². The average Bonchev–Trinajstić information content (AvgIpc) is 2.16. The van der Waals surface area contributed by atoms with Crippen LogP contribution in [0.15, 0.2) is 24.3 Å². The topological polar surface area (TPSA) is 104 Å². The van der Waals surface area contributed by atoms with Crippen LogP contribution in [0.3, 0.4) is 0 Å². The van der Waals surface area contributed by atoms with Crippen LogP contribution in [0.1, 0.15) is 10.4 Å². The Labute approximate surface area is 92.2 Å². The highest BCUT2D eigenvalue weighted by Crippen LogP contribution is 2.10. The van der Waals surface area contributed by atoms with Gasteiger partial charge in [0.05, 0.1) is 21.4 Å². The molecule has 1 aromatic rings. The van der Waals surface area contributed by atoms with E-state index in [4.69, 9.17) is 5.11 Å². The van der Waals surface area contributed by atoms with Crippen molar-refractivity contribution in [3.8, 4) is 5.75 Å². The molecule has 0 aliphatic rings. The molecular weight excluding hydrogens is 236 g/mol. The van der Waals surface area contributed by atoms with Gasteiger partial charge in [0.2, 0.25) is 0 Å². The zero-order valence-electron chi connectivity index (χ0n) is 8.12. The summed E-state index contributed by atoms with van der Waals surface area (Å²) in [7, 11) is -4.38. The molecule has 16 heavy (non-hydrogen) atoms. The van der Waals surface area contributed by atoms with Crippen LogP contribution in [-0.2, 0) is 14.9 Å². The number of esters is 1. The van der Waals surface area contributed by atoms with Crippen molar-refractivity contribution in [1.82, 2.24) is 0 Å². The minimum absolute atomic E-state index is 0.00122. The first-order valence-electron chi connectivity index (χ1n) is 4.28. The standard InChI is InChI=1S/C9H10O6S/c10-8-3-1-7(2-4-8)9(11)15-5-6-16(12,13)14/h1-4,10H,5-6H2,(H,12,13,14)/p-1. The first kappa shape index (κ1) is 12.5. The maximum Gasteiger partial charge on any atom is 0.338 e. The number of benzene rings is 1. The number of carbonyl (C=O) groups excluding carboxylic acids is 1. The number of aromatic hydroxyl groups is 1. The number of phenols is 1. The number of hydrogen-bond acceptors (Lipinski definition) is 6. The molecule has 0 heterocycles. The Morgan fingerprint density at radius 1 is 1.31 bits per heavy atom. The lowest BCUT2D eigenvalue weighted by atomic mass is 10.2. The zero-order valence-corrected chi connectivity index (χ0v) is 8.94. The van der Waals surface area contributed by atoms with Crippen molar-refractivity contribution in [1.29, 1.82) is 0 Å². The van der Waals surface area contributed by atoms with E-state index in [1.54, 1.807) is 0 Å². The molecule has 1 N–H and O–H groups in total. The van der Waals surface area contributed by atoms with E-state index in [0.29, 0.717) is 0 Å². The Morgan fingerprint density at radius 2 is 1.88 bits per heavy atom. The molecule has 7 heteroatoms. The second kappa shape index (κ2) is 4.95. The van der Waals surface area contributed by atoms with E-state index >= 15 is 0 Å². The van der Waals surface area contributed by atoms with Gasteiger partial charge in [-0.1, -0.05) is 0 Å². The summed E-state index contributed by atoms with van der Waals surface area (Å²) in [6.07, 6.45) is 0.